The van der Waals surface area contributed by atoms with Gasteiger partial charge in [0.15, 0.2) is 41.3 Å². The fourth-order valence-corrected chi connectivity index (χ4v) is 8.25. The van der Waals surface area contributed by atoms with Gasteiger partial charge in [0.1, 0.15) is 42.4 Å². The lowest BCUT2D eigenvalue weighted by molar-refractivity contribution is -0.0555. The molecule has 0 saturated carbocycles. The number of nitrogen functional groups attached to an aromatic ring is 2. The van der Waals surface area contributed by atoms with Crippen LogP contribution in [-0.4, -0.2) is 94.0 Å². The van der Waals surface area contributed by atoms with E-state index in [2.05, 4.69) is 54.4 Å². The third-order valence-electron chi connectivity index (χ3n) is 7.28. The fraction of sp³-hybridized carbons (Fsp3) is 0.500. The van der Waals surface area contributed by atoms with Gasteiger partial charge in [-0.05, 0) is 0 Å². The molecule has 7 rings (SSSR count). The summed E-state index contributed by atoms with van der Waals surface area (Å²) in [7, 11) is 0. The third-order valence-corrected chi connectivity index (χ3v) is 10.5. The first-order valence-electron chi connectivity index (χ1n) is 12.9. The standard InChI is InChI=1S/C20H23FN10O10P2S2/c21-8-12-6(38-18(8)31-5-27-10-16(31)28-20(23)29-17(10)33)1-36-43(35,45)41-13-7(2-37-42(34,44)40-12)39-19(11(13)32)30-4-26-9-14(22)24-3-25-15(9)30/h3-8,11-13,18-19,32H,1-2H2,(H,34,44)(H,35,45)(H2,22,24,25)(H3,23,28,29,33)/t6-,7-,8-,11-,12?,13-,18-,19-,42-,43-/m1/s1. The number of rotatable bonds is 2. The maximum atomic E-state index is 16.0. The molecule has 4 aromatic heterocycles. The number of aliphatic hydroxyl groups is 1. The third kappa shape index (κ3) is 5.54. The molecule has 0 aliphatic carbocycles. The van der Waals surface area contributed by atoms with Crippen LogP contribution in [0.5, 0.6) is 0 Å². The number of H-pyrrole nitrogens is 1. The number of alkyl halides is 1. The smallest absolute Gasteiger partial charge is 0.386 e. The molecule has 1 unspecified atom stereocenters. The highest BCUT2D eigenvalue weighted by Gasteiger charge is 2.54. The monoisotopic (exact) mass is 708 g/mol. The number of nitrogens with two attached hydrogens (primary N) is 2. The van der Waals surface area contributed by atoms with Crippen LogP contribution in [0.1, 0.15) is 12.5 Å². The molecule has 20 nitrogen and oxygen atoms in total. The fourth-order valence-electron chi connectivity index (χ4n) is 5.28. The average molecular weight is 709 g/mol. The van der Waals surface area contributed by atoms with E-state index in [0.29, 0.717) is 0 Å². The second-order valence-electron chi connectivity index (χ2n) is 10.1. The predicted octanol–water partition coefficient (Wildman–Crippen LogP) is 0.511. The Morgan fingerprint density at radius 1 is 0.911 bits per heavy atom. The van der Waals surface area contributed by atoms with Crippen LogP contribution in [0.2, 0.25) is 0 Å². The molecule has 25 heteroatoms. The molecule has 0 aromatic carbocycles. The maximum Gasteiger partial charge on any atom is 0.386 e. The van der Waals surface area contributed by atoms with Crippen molar-refractivity contribution in [2.24, 2.45) is 0 Å². The second kappa shape index (κ2) is 11.2. The first-order chi connectivity index (χ1) is 21.3. The van der Waals surface area contributed by atoms with E-state index < -0.39 is 81.5 Å². The van der Waals surface area contributed by atoms with Crippen LogP contribution in [-0.2, 0) is 36.7 Å². The van der Waals surface area contributed by atoms with E-state index in [1.165, 1.54) is 17.2 Å². The molecule has 242 valence electrons. The molecule has 0 radical (unpaired) electrons. The zero-order chi connectivity index (χ0) is 31.8. The Kier molecular flexibility index (Phi) is 7.72. The summed E-state index contributed by atoms with van der Waals surface area (Å²) in [6.45, 7) is -10.0. The van der Waals surface area contributed by atoms with Crippen molar-refractivity contribution in [3.63, 3.8) is 0 Å². The Labute approximate surface area is 260 Å². The number of imidazole rings is 2. The van der Waals surface area contributed by atoms with Crippen molar-refractivity contribution in [3.8, 4) is 0 Å². The predicted molar refractivity (Wildman–Crippen MR) is 156 cm³/mol. The molecule has 4 aromatic rings. The SMILES string of the molecule is Nc1nc2c(ncn2[C@@H]2O[C@@H]3CO[P@@](=O)(S)O[C@H]4[C@@H](O)[C@H](n5cnc6c(N)ncnc65)O[C@@H]4CO[P@@](=O)(S)OC3[C@H]2F)c(=O)[nH]1. The van der Waals surface area contributed by atoms with Gasteiger partial charge in [0.05, 0.1) is 25.9 Å². The summed E-state index contributed by atoms with van der Waals surface area (Å²) < 4.78 is 78.9. The Hall–Kier alpha value is -2.69. The van der Waals surface area contributed by atoms with Gasteiger partial charge >= 0.3 is 13.6 Å². The zero-order valence-corrected chi connectivity index (χ0v) is 25.9. The van der Waals surface area contributed by atoms with Gasteiger partial charge in [0, 0.05) is 0 Å². The summed E-state index contributed by atoms with van der Waals surface area (Å²) >= 11 is 8.03. The summed E-state index contributed by atoms with van der Waals surface area (Å²) in [6.07, 6.45) is -8.62. The van der Waals surface area contributed by atoms with Crippen molar-refractivity contribution in [2.75, 3.05) is 24.7 Å². The molecule has 3 aliphatic rings. The van der Waals surface area contributed by atoms with Crippen LogP contribution in [0.3, 0.4) is 0 Å². The molecule has 0 amide bonds. The van der Waals surface area contributed by atoms with Gasteiger partial charge in [-0.1, -0.05) is 24.5 Å². The van der Waals surface area contributed by atoms with Crippen LogP contribution in [0.15, 0.2) is 23.8 Å². The number of anilines is 2. The van der Waals surface area contributed by atoms with Gasteiger partial charge in [-0.25, -0.2) is 33.5 Å². The number of thiol groups is 2. The van der Waals surface area contributed by atoms with Gasteiger partial charge in [-0.3, -0.25) is 37.0 Å². The molecule has 3 aliphatic heterocycles. The van der Waals surface area contributed by atoms with E-state index in [0.717, 1.165) is 10.9 Å². The second-order valence-corrected chi connectivity index (χ2v) is 15.8. The Morgan fingerprint density at radius 2 is 1.51 bits per heavy atom. The molecule has 45 heavy (non-hydrogen) atoms. The van der Waals surface area contributed by atoms with Crippen molar-refractivity contribution >= 4 is 72.2 Å². The highest BCUT2D eigenvalue weighted by Crippen LogP contribution is 2.60. The number of nitrogens with zero attached hydrogens (tertiary/aromatic N) is 7. The van der Waals surface area contributed by atoms with Crippen molar-refractivity contribution in [1.82, 2.24) is 39.0 Å². The quantitative estimate of drug-likeness (QED) is 0.122. The minimum atomic E-state index is -4.40. The van der Waals surface area contributed by atoms with Crippen LogP contribution >= 0.6 is 38.1 Å². The van der Waals surface area contributed by atoms with Crippen LogP contribution in [0.4, 0.5) is 16.2 Å². The molecule has 0 bridgehead atoms. The molecular formula is C20H23FN10O10P2S2. The minimum absolute atomic E-state index is 0.0789. The summed E-state index contributed by atoms with van der Waals surface area (Å²) in [6, 6.07) is 0. The molecule has 6 N–H and O–H groups in total. The first-order valence-corrected chi connectivity index (χ1v) is 18.3. The Bertz CT molecular complexity index is 1950. The van der Waals surface area contributed by atoms with E-state index in [-0.39, 0.29) is 34.1 Å². The molecule has 10 atom stereocenters. The molecule has 0 spiro atoms. The highest BCUT2D eigenvalue weighted by atomic mass is 32.7. The van der Waals surface area contributed by atoms with Crippen LogP contribution in [0, 0.1) is 0 Å². The van der Waals surface area contributed by atoms with E-state index in [4.69, 9.17) is 39.0 Å². The number of aromatic amines is 1. The minimum Gasteiger partial charge on any atom is -0.386 e. The first kappa shape index (κ1) is 30.9. The van der Waals surface area contributed by atoms with E-state index in [1.54, 1.807) is 0 Å². The summed E-state index contributed by atoms with van der Waals surface area (Å²) in [5, 5.41) is 11.2. The number of fused-ring (bicyclic) bond motifs is 4. The molecule has 3 saturated heterocycles. The van der Waals surface area contributed by atoms with Gasteiger partial charge < -0.3 is 26.0 Å². The number of halogens is 1. The van der Waals surface area contributed by atoms with Crippen LogP contribution < -0.4 is 17.0 Å². The van der Waals surface area contributed by atoms with Crippen molar-refractivity contribution in [2.45, 2.75) is 49.1 Å². The number of nitrogens with one attached hydrogen (secondary N) is 1. The number of hydrogen-bond acceptors (Lipinski definition) is 17. The van der Waals surface area contributed by atoms with Gasteiger partial charge in [0.2, 0.25) is 5.95 Å². The number of aromatic nitrogens is 8. The summed E-state index contributed by atoms with van der Waals surface area (Å²) in [4.78, 5) is 34.6. The topological polar surface area (TPSA) is 269 Å². The normalized spacial score (nSPS) is 37.7. The largest absolute Gasteiger partial charge is 0.386 e. The van der Waals surface area contributed by atoms with Gasteiger partial charge in [-0.2, -0.15) is 4.98 Å². The van der Waals surface area contributed by atoms with Crippen molar-refractivity contribution in [3.05, 3.63) is 29.3 Å². The number of ether oxygens (including phenoxy) is 2. The maximum absolute atomic E-state index is 16.0. The van der Waals surface area contributed by atoms with Crippen LogP contribution in [0.25, 0.3) is 22.3 Å². The van der Waals surface area contributed by atoms with Crippen molar-refractivity contribution in [1.29, 1.82) is 0 Å². The lowest BCUT2D eigenvalue weighted by Gasteiger charge is -2.28. The van der Waals surface area contributed by atoms with E-state index in [9.17, 15) is 19.0 Å². The Morgan fingerprint density at radius 3 is 2.22 bits per heavy atom. The molecular weight excluding hydrogens is 685 g/mol. The zero-order valence-electron chi connectivity index (χ0n) is 22.3. The Balaban J connectivity index is 1.17. The number of hydrogen-bond donors (Lipinski definition) is 6. The van der Waals surface area contributed by atoms with Gasteiger partial charge in [-0.15, -0.1) is 0 Å². The lowest BCUT2D eigenvalue weighted by atomic mass is 10.1. The molecule has 3 fully saturated rings. The van der Waals surface area contributed by atoms with E-state index >= 15 is 4.39 Å². The van der Waals surface area contributed by atoms with Gasteiger partial charge in [0.25, 0.3) is 5.56 Å². The summed E-state index contributed by atoms with van der Waals surface area (Å²) in [5.74, 6) is -0.179. The summed E-state index contributed by atoms with van der Waals surface area (Å²) in [5.41, 5.74) is 11.0. The average Bonchev–Trinajstić information content (AvgIpc) is 3.72. The van der Waals surface area contributed by atoms with Crippen molar-refractivity contribution < 1.29 is 46.2 Å². The number of aliphatic hydroxyl groups excluding tert-OH is 1. The van der Waals surface area contributed by atoms with E-state index in [1.807, 2.05) is 0 Å². The lowest BCUT2D eigenvalue weighted by Crippen LogP contribution is -2.37. The highest BCUT2D eigenvalue weighted by molar-refractivity contribution is 8.44. The molecule has 7 heterocycles.